The Hall–Kier alpha value is -1.37. The molecule has 0 fully saturated rings. The lowest BCUT2D eigenvalue weighted by atomic mass is 10.2. The van der Waals surface area contributed by atoms with Crippen molar-refractivity contribution in [2.75, 3.05) is 0 Å². The van der Waals surface area contributed by atoms with Gasteiger partial charge in [-0.2, -0.15) is 0 Å². The molecule has 0 spiro atoms. The first-order valence-electron chi connectivity index (χ1n) is 3.80. The number of aromatic nitrogens is 1. The van der Waals surface area contributed by atoms with Gasteiger partial charge < -0.3 is 0 Å². The van der Waals surface area contributed by atoms with Gasteiger partial charge in [-0.05, 0) is 17.2 Å². The van der Waals surface area contributed by atoms with Gasteiger partial charge in [0.25, 0.3) is 0 Å². The first-order valence-corrected chi connectivity index (χ1v) is 3.80. The van der Waals surface area contributed by atoms with E-state index in [1.165, 1.54) is 22.0 Å². The molecule has 1 aromatic heterocycles. The maximum Gasteiger partial charge on any atom is 0.0740 e. The number of hydrogen-bond donors (Lipinski definition) is 0. The second kappa shape index (κ2) is 1.62. The Kier molecular flexibility index (Phi) is 0.779. The fourth-order valence-corrected chi connectivity index (χ4v) is 1.54. The van der Waals surface area contributed by atoms with Crippen molar-refractivity contribution in [3.8, 4) is 0 Å². The molecule has 0 unspecified atom stereocenters. The summed E-state index contributed by atoms with van der Waals surface area (Å²) >= 11 is 0. The molecular formula is C10H7N. The van der Waals surface area contributed by atoms with Gasteiger partial charge in [-0.25, -0.2) is 0 Å². The topological polar surface area (TPSA) is 12.9 Å². The summed E-state index contributed by atoms with van der Waals surface area (Å²) in [6, 6.07) is 8.44. The molecule has 0 bridgehead atoms. The zero-order valence-electron chi connectivity index (χ0n) is 6.04. The molecule has 52 valence electrons. The number of nitrogens with zero attached hydrogens (tertiary/aromatic N) is 1. The number of benzene rings is 1. The van der Waals surface area contributed by atoms with Crippen LogP contribution in [0.2, 0.25) is 0 Å². The van der Waals surface area contributed by atoms with Crippen molar-refractivity contribution in [2.24, 2.45) is 0 Å². The molecule has 0 saturated carbocycles. The average molecular weight is 141 g/mol. The third-order valence-corrected chi connectivity index (χ3v) is 2.22. The Bertz CT molecular complexity index is 432. The first-order chi connectivity index (χ1) is 5.45. The number of fused-ring (bicyclic) bond motifs is 3. The van der Waals surface area contributed by atoms with Gasteiger partial charge in [0.1, 0.15) is 0 Å². The second-order valence-corrected chi connectivity index (χ2v) is 2.96. The molecule has 1 heterocycles. The summed E-state index contributed by atoms with van der Waals surface area (Å²) in [5, 5.41) is 1.27. The maximum atomic E-state index is 4.33. The smallest absolute Gasteiger partial charge is 0.0740 e. The molecule has 11 heavy (non-hydrogen) atoms. The summed E-state index contributed by atoms with van der Waals surface area (Å²) in [7, 11) is 0. The van der Waals surface area contributed by atoms with Crippen LogP contribution < -0.4 is 0 Å². The largest absolute Gasteiger partial charge is 0.256 e. The van der Waals surface area contributed by atoms with Crippen LogP contribution in [0.25, 0.3) is 10.9 Å². The molecule has 1 aliphatic rings. The molecule has 1 aliphatic carbocycles. The highest BCUT2D eigenvalue weighted by molar-refractivity contribution is 5.86. The van der Waals surface area contributed by atoms with E-state index in [-0.39, 0.29) is 0 Å². The van der Waals surface area contributed by atoms with E-state index in [0.29, 0.717) is 0 Å². The van der Waals surface area contributed by atoms with Gasteiger partial charge in [-0.1, -0.05) is 18.2 Å². The molecule has 1 heteroatoms. The number of rotatable bonds is 0. The predicted octanol–water partition coefficient (Wildman–Crippen LogP) is 2.14. The van der Waals surface area contributed by atoms with E-state index in [1.807, 2.05) is 12.3 Å². The molecule has 0 aliphatic heterocycles. The summed E-state index contributed by atoms with van der Waals surface area (Å²) < 4.78 is 0. The minimum absolute atomic E-state index is 1.15. The average Bonchev–Trinajstić information content (AvgIpc) is 2.83. The molecule has 3 rings (SSSR count). The van der Waals surface area contributed by atoms with Crippen LogP contribution in [0.15, 0.2) is 30.5 Å². The lowest BCUT2D eigenvalue weighted by molar-refractivity contribution is 1.41. The zero-order chi connectivity index (χ0) is 7.26. The Balaban J connectivity index is 2.56. The highest BCUT2D eigenvalue weighted by atomic mass is 14.7. The van der Waals surface area contributed by atoms with Crippen LogP contribution in [0.3, 0.4) is 0 Å². The quantitative estimate of drug-likeness (QED) is 0.467. The van der Waals surface area contributed by atoms with Crippen molar-refractivity contribution < 1.29 is 0 Å². The summed E-state index contributed by atoms with van der Waals surface area (Å²) in [6.07, 6.45) is 3.02. The minimum atomic E-state index is 1.15. The van der Waals surface area contributed by atoms with Gasteiger partial charge >= 0.3 is 0 Å². The maximum absolute atomic E-state index is 4.33. The predicted molar refractivity (Wildman–Crippen MR) is 44.5 cm³/mol. The van der Waals surface area contributed by atoms with E-state index in [4.69, 9.17) is 0 Å². The summed E-state index contributed by atoms with van der Waals surface area (Å²) in [6.45, 7) is 0. The van der Waals surface area contributed by atoms with Crippen LogP contribution in [0.1, 0.15) is 11.1 Å². The van der Waals surface area contributed by atoms with Crippen molar-refractivity contribution >= 4 is 10.9 Å². The highest BCUT2D eigenvalue weighted by Gasteiger charge is 2.19. The van der Waals surface area contributed by atoms with Crippen molar-refractivity contribution in [3.05, 3.63) is 41.6 Å². The van der Waals surface area contributed by atoms with E-state index in [2.05, 4.69) is 23.2 Å². The summed E-state index contributed by atoms with van der Waals surface area (Å²) in [4.78, 5) is 4.33. The van der Waals surface area contributed by atoms with Gasteiger partial charge in [0, 0.05) is 18.0 Å². The number of pyridine rings is 1. The summed E-state index contributed by atoms with van der Waals surface area (Å²) in [5.41, 5.74) is 4.12. The van der Waals surface area contributed by atoms with Crippen molar-refractivity contribution in [1.29, 1.82) is 0 Å². The van der Waals surface area contributed by atoms with Gasteiger partial charge in [-0.15, -0.1) is 0 Å². The van der Waals surface area contributed by atoms with Crippen LogP contribution in [-0.4, -0.2) is 4.98 Å². The third-order valence-electron chi connectivity index (χ3n) is 2.22. The van der Waals surface area contributed by atoms with Crippen molar-refractivity contribution in [2.45, 2.75) is 6.42 Å². The van der Waals surface area contributed by atoms with Gasteiger partial charge in [-0.3, -0.25) is 4.98 Å². The highest BCUT2D eigenvalue weighted by Crippen LogP contribution is 2.33. The fraction of sp³-hybridized carbons (Fsp3) is 0.100. The molecule has 0 atom stereocenters. The monoisotopic (exact) mass is 141 g/mol. The Morgan fingerprint density at radius 3 is 3.18 bits per heavy atom. The van der Waals surface area contributed by atoms with Crippen LogP contribution in [0.5, 0.6) is 0 Å². The lowest BCUT2D eigenvalue weighted by Gasteiger charge is -1.91. The van der Waals surface area contributed by atoms with E-state index in [0.717, 1.165) is 6.42 Å². The van der Waals surface area contributed by atoms with Crippen LogP contribution in [0, 0.1) is 0 Å². The Morgan fingerprint density at radius 1 is 1.18 bits per heavy atom. The molecule has 0 N–H and O–H groups in total. The van der Waals surface area contributed by atoms with E-state index in [1.54, 1.807) is 0 Å². The third kappa shape index (κ3) is 0.625. The minimum Gasteiger partial charge on any atom is -0.256 e. The Morgan fingerprint density at radius 2 is 2.18 bits per heavy atom. The van der Waals surface area contributed by atoms with E-state index >= 15 is 0 Å². The van der Waals surface area contributed by atoms with Crippen molar-refractivity contribution in [1.82, 2.24) is 4.98 Å². The van der Waals surface area contributed by atoms with E-state index in [9.17, 15) is 0 Å². The molecule has 0 saturated heterocycles. The molecule has 1 nitrogen and oxygen atoms in total. The lowest BCUT2D eigenvalue weighted by Crippen LogP contribution is -1.74. The second-order valence-electron chi connectivity index (χ2n) is 2.96. The van der Waals surface area contributed by atoms with Gasteiger partial charge in [0.2, 0.25) is 0 Å². The Labute approximate surface area is 64.7 Å². The molecular weight excluding hydrogens is 134 g/mol. The molecule has 2 aromatic rings. The van der Waals surface area contributed by atoms with Crippen LogP contribution >= 0.6 is 0 Å². The standard InChI is InChI=1S/C10H7N/c1-2-7-3-4-8-6-9(8)10(7)11-5-1/h1-5H,6H2. The van der Waals surface area contributed by atoms with Gasteiger partial charge in [0.05, 0.1) is 5.52 Å². The van der Waals surface area contributed by atoms with Crippen LogP contribution in [-0.2, 0) is 6.42 Å². The van der Waals surface area contributed by atoms with Crippen LogP contribution in [0.4, 0.5) is 0 Å². The summed E-state index contributed by atoms with van der Waals surface area (Å²) in [5.74, 6) is 0. The molecule has 0 amide bonds. The molecule has 0 radical (unpaired) electrons. The molecule has 1 aromatic carbocycles. The fourth-order valence-electron chi connectivity index (χ4n) is 1.54. The zero-order valence-corrected chi connectivity index (χ0v) is 6.04. The normalized spacial score (nSPS) is 13.1. The van der Waals surface area contributed by atoms with Gasteiger partial charge in [0.15, 0.2) is 0 Å². The first kappa shape index (κ1) is 5.30. The SMILES string of the molecule is c1cnc2c3c(ccc2c1)C3. The number of hydrogen-bond acceptors (Lipinski definition) is 1. The van der Waals surface area contributed by atoms with E-state index < -0.39 is 0 Å². The van der Waals surface area contributed by atoms with Crippen molar-refractivity contribution in [3.63, 3.8) is 0 Å².